The van der Waals surface area contributed by atoms with Gasteiger partial charge in [0, 0.05) is 22.8 Å². The summed E-state index contributed by atoms with van der Waals surface area (Å²) in [5.74, 6) is 0.573. The van der Waals surface area contributed by atoms with Crippen LogP contribution in [0.3, 0.4) is 0 Å². The summed E-state index contributed by atoms with van der Waals surface area (Å²) in [5, 5.41) is 18.2. The zero-order valence-corrected chi connectivity index (χ0v) is 11.3. The third kappa shape index (κ3) is 2.78. The third-order valence-corrected chi connectivity index (χ3v) is 3.16. The van der Waals surface area contributed by atoms with Crippen LogP contribution in [-0.2, 0) is 6.54 Å². The maximum absolute atomic E-state index is 5.87. The first-order chi connectivity index (χ1) is 9.83. The lowest BCUT2D eigenvalue weighted by atomic mass is 10.1. The molecule has 0 bridgehead atoms. The number of anilines is 1. The maximum Gasteiger partial charge on any atom is 0.206 e. The highest BCUT2D eigenvalue weighted by atomic mass is 35.5. The van der Waals surface area contributed by atoms with Crippen molar-refractivity contribution in [2.24, 2.45) is 0 Å². The molecule has 1 heterocycles. The lowest BCUT2D eigenvalue weighted by Gasteiger charge is -2.09. The smallest absolute Gasteiger partial charge is 0.206 e. The second kappa shape index (κ2) is 5.71. The Bertz CT molecular complexity index is 679. The van der Waals surface area contributed by atoms with Gasteiger partial charge in [-0.3, -0.25) is 0 Å². The first-order valence-electron chi connectivity index (χ1n) is 6.14. The molecule has 6 heteroatoms. The average molecular weight is 286 g/mol. The summed E-state index contributed by atoms with van der Waals surface area (Å²) in [4.78, 5) is 0. The largest absolute Gasteiger partial charge is 0.380 e. The predicted octanol–water partition coefficient (Wildman–Crippen LogP) is 3.13. The van der Waals surface area contributed by atoms with Crippen LogP contribution in [0.25, 0.3) is 11.4 Å². The summed E-state index contributed by atoms with van der Waals surface area (Å²) < 4.78 is 0. The molecule has 0 spiro atoms. The molecule has 0 unspecified atom stereocenters. The minimum absolute atomic E-state index is 0.573. The van der Waals surface area contributed by atoms with Crippen molar-refractivity contribution < 1.29 is 0 Å². The highest BCUT2D eigenvalue weighted by molar-refractivity contribution is 6.30. The van der Waals surface area contributed by atoms with Crippen molar-refractivity contribution in [3.63, 3.8) is 0 Å². The molecule has 0 atom stereocenters. The quantitative estimate of drug-likeness (QED) is 0.773. The molecule has 1 aromatic heterocycles. The first kappa shape index (κ1) is 12.6. The first-order valence-corrected chi connectivity index (χ1v) is 6.52. The van der Waals surface area contributed by atoms with E-state index in [-0.39, 0.29) is 0 Å². The molecule has 0 aliphatic rings. The number of hydrogen-bond acceptors (Lipinski definition) is 4. The van der Waals surface area contributed by atoms with Gasteiger partial charge in [0.15, 0.2) is 0 Å². The van der Waals surface area contributed by atoms with Gasteiger partial charge >= 0.3 is 0 Å². The van der Waals surface area contributed by atoms with E-state index >= 15 is 0 Å². The average Bonchev–Trinajstić information content (AvgIpc) is 3.01. The van der Waals surface area contributed by atoms with Gasteiger partial charge in [-0.1, -0.05) is 35.9 Å². The number of tetrazole rings is 1. The van der Waals surface area contributed by atoms with Crippen LogP contribution in [0.15, 0.2) is 48.5 Å². The predicted molar refractivity (Wildman–Crippen MR) is 78.4 cm³/mol. The fourth-order valence-electron chi connectivity index (χ4n) is 1.91. The van der Waals surface area contributed by atoms with E-state index in [0.29, 0.717) is 12.4 Å². The van der Waals surface area contributed by atoms with E-state index in [9.17, 15) is 0 Å². The van der Waals surface area contributed by atoms with Crippen molar-refractivity contribution in [3.05, 3.63) is 59.1 Å². The van der Waals surface area contributed by atoms with E-state index in [4.69, 9.17) is 11.6 Å². The molecule has 0 amide bonds. The number of nitrogens with one attached hydrogen (secondary N) is 2. The van der Waals surface area contributed by atoms with Gasteiger partial charge in [0.05, 0.1) is 0 Å². The van der Waals surface area contributed by atoms with E-state index in [1.807, 2.05) is 48.5 Å². The fourth-order valence-corrected chi connectivity index (χ4v) is 2.03. The van der Waals surface area contributed by atoms with Gasteiger partial charge < -0.3 is 5.32 Å². The van der Waals surface area contributed by atoms with Gasteiger partial charge in [0.2, 0.25) is 5.82 Å². The molecule has 0 aliphatic heterocycles. The van der Waals surface area contributed by atoms with Crippen molar-refractivity contribution in [2.75, 3.05) is 5.32 Å². The Kier molecular flexibility index (Phi) is 3.60. The normalized spacial score (nSPS) is 10.4. The minimum Gasteiger partial charge on any atom is -0.380 e. The van der Waals surface area contributed by atoms with E-state index in [0.717, 1.165) is 21.8 Å². The molecular weight excluding hydrogens is 274 g/mol. The van der Waals surface area contributed by atoms with Gasteiger partial charge in [-0.2, -0.15) is 5.21 Å². The van der Waals surface area contributed by atoms with Crippen molar-refractivity contribution in [1.29, 1.82) is 0 Å². The van der Waals surface area contributed by atoms with Crippen LogP contribution in [0, 0.1) is 0 Å². The summed E-state index contributed by atoms with van der Waals surface area (Å²) in [6.45, 7) is 0.700. The minimum atomic E-state index is 0.573. The van der Waals surface area contributed by atoms with Crippen LogP contribution in [0.1, 0.15) is 5.56 Å². The molecule has 0 saturated carbocycles. The van der Waals surface area contributed by atoms with E-state index in [1.165, 1.54) is 0 Å². The summed E-state index contributed by atoms with van der Waals surface area (Å²) >= 11 is 5.87. The molecule has 3 aromatic rings. The molecule has 0 saturated heterocycles. The molecule has 100 valence electrons. The van der Waals surface area contributed by atoms with E-state index in [1.54, 1.807) is 0 Å². The Balaban J connectivity index is 1.79. The van der Waals surface area contributed by atoms with E-state index in [2.05, 4.69) is 25.9 Å². The molecule has 0 radical (unpaired) electrons. The monoisotopic (exact) mass is 285 g/mol. The SMILES string of the molecule is Clc1ccc(CNc2ccccc2-c2nn[nH]n2)cc1. The number of nitrogens with zero attached hydrogens (tertiary/aromatic N) is 3. The second-order valence-corrected chi connectivity index (χ2v) is 4.70. The molecule has 2 aromatic carbocycles. The number of halogens is 1. The number of rotatable bonds is 4. The van der Waals surface area contributed by atoms with Crippen LogP contribution < -0.4 is 5.32 Å². The lowest BCUT2D eigenvalue weighted by molar-refractivity contribution is 0.881. The lowest BCUT2D eigenvalue weighted by Crippen LogP contribution is -2.01. The number of aromatic nitrogens is 4. The van der Waals surface area contributed by atoms with Crippen molar-refractivity contribution in [2.45, 2.75) is 6.54 Å². The highest BCUT2D eigenvalue weighted by Crippen LogP contribution is 2.24. The van der Waals surface area contributed by atoms with Gasteiger partial charge in [-0.15, -0.1) is 10.2 Å². The zero-order chi connectivity index (χ0) is 13.8. The molecule has 5 nitrogen and oxygen atoms in total. The summed E-state index contributed by atoms with van der Waals surface area (Å²) in [5.41, 5.74) is 3.02. The highest BCUT2D eigenvalue weighted by Gasteiger charge is 2.08. The Morgan fingerprint density at radius 1 is 1.05 bits per heavy atom. The van der Waals surface area contributed by atoms with Gasteiger partial charge in [0.25, 0.3) is 0 Å². The van der Waals surface area contributed by atoms with Gasteiger partial charge in [-0.25, -0.2) is 0 Å². The van der Waals surface area contributed by atoms with Crippen molar-refractivity contribution in [1.82, 2.24) is 20.6 Å². The standard InChI is InChI=1S/C14H12ClN5/c15-11-7-5-10(6-8-11)9-16-13-4-2-1-3-12(13)14-17-19-20-18-14/h1-8,16H,9H2,(H,17,18,19,20). The zero-order valence-electron chi connectivity index (χ0n) is 10.5. The summed E-state index contributed by atoms with van der Waals surface area (Å²) in [6, 6.07) is 15.6. The van der Waals surface area contributed by atoms with Crippen molar-refractivity contribution >= 4 is 17.3 Å². The molecule has 20 heavy (non-hydrogen) atoms. The molecule has 0 aliphatic carbocycles. The Morgan fingerprint density at radius 3 is 2.60 bits per heavy atom. The number of hydrogen-bond donors (Lipinski definition) is 2. The number of benzene rings is 2. The number of para-hydroxylation sites is 1. The number of H-pyrrole nitrogens is 1. The van der Waals surface area contributed by atoms with Crippen LogP contribution in [0.5, 0.6) is 0 Å². The molecule has 3 rings (SSSR count). The fraction of sp³-hybridized carbons (Fsp3) is 0.0714. The summed E-state index contributed by atoms with van der Waals surface area (Å²) in [6.07, 6.45) is 0. The Hall–Kier alpha value is -2.40. The molecule has 0 fully saturated rings. The van der Waals surface area contributed by atoms with Crippen LogP contribution in [-0.4, -0.2) is 20.6 Å². The van der Waals surface area contributed by atoms with Gasteiger partial charge in [-0.05, 0) is 35.0 Å². The second-order valence-electron chi connectivity index (χ2n) is 4.26. The topological polar surface area (TPSA) is 66.5 Å². The van der Waals surface area contributed by atoms with Crippen molar-refractivity contribution in [3.8, 4) is 11.4 Å². The van der Waals surface area contributed by atoms with Crippen LogP contribution in [0.2, 0.25) is 5.02 Å². The van der Waals surface area contributed by atoms with Gasteiger partial charge in [0.1, 0.15) is 0 Å². The molecular formula is C14H12ClN5. The maximum atomic E-state index is 5.87. The number of aromatic amines is 1. The summed E-state index contributed by atoms with van der Waals surface area (Å²) in [7, 11) is 0. The Morgan fingerprint density at radius 2 is 1.85 bits per heavy atom. The van der Waals surface area contributed by atoms with Crippen LogP contribution >= 0.6 is 11.6 Å². The van der Waals surface area contributed by atoms with E-state index < -0.39 is 0 Å². The Labute approximate surface area is 121 Å². The molecule has 2 N–H and O–H groups in total. The third-order valence-electron chi connectivity index (χ3n) is 2.91. The van der Waals surface area contributed by atoms with Crippen LogP contribution in [0.4, 0.5) is 5.69 Å².